The van der Waals surface area contributed by atoms with Crippen LogP contribution in [0.5, 0.6) is 0 Å². The first-order chi connectivity index (χ1) is 5.81. The molecule has 0 rings (SSSR count). The van der Waals surface area contributed by atoms with Gasteiger partial charge in [-0.2, -0.15) is 0 Å². The zero-order valence-electron chi connectivity index (χ0n) is 11.0. The molecule has 0 aliphatic heterocycles. The first-order valence-corrected chi connectivity index (χ1v) is 7.89. The number of carboxylic acid groups (broad SMARTS) is 1. The van der Waals surface area contributed by atoms with E-state index in [2.05, 4.69) is 19.6 Å². The first kappa shape index (κ1) is 16.4. The molecule has 0 aromatic rings. The second-order valence-corrected chi connectivity index (χ2v) is 9.72. The van der Waals surface area contributed by atoms with Gasteiger partial charge in [-0.25, -0.2) is 0 Å². The van der Waals surface area contributed by atoms with Crippen molar-refractivity contribution in [3.63, 3.8) is 0 Å². The maximum Gasteiger partial charge on any atom is 2.00 e. The Hall–Kier alpha value is -0.0769. The quantitative estimate of drug-likeness (QED) is 0.438. The second-order valence-electron chi connectivity index (χ2n) is 4.10. The van der Waals surface area contributed by atoms with E-state index in [0.29, 0.717) is 6.61 Å². The van der Waals surface area contributed by atoms with Crippen LogP contribution in [-0.4, -0.2) is 54.8 Å². The molecule has 0 bridgehead atoms. The molecule has 0 saturated carbocycles. The monoisotopic (exact) mass is 230 g/mol. The first-order valence-electron chi connectivity index (χ1n) is 4.19. The summed E-state index contributed by atoms with van der Waals surface area (Å²) in [6.45, 7) is 6.84. The summed E-state index contributed by atoms with van der Waals surface area (Å²) in [6, 6.07) is 0.873. The molecule has 6 heteroatoms. The van der Waals surface area contributed by atoms with Crippen LogP contribution < -0.4 is 0 Å². The Bertz CT molecular complexity index is 209. The van der Waals surface area contributed by atoms with Gasteiger partial charge in [0.15, 0.2) is 0 Å². The molecule has 4 nitrogen and oxygen atoms in total. The molecule has 1 N–H and O–H groups in total. The summed E-state index contributed by atoms with van der Waals surface area (Å²) in [5.41, 5.74) is 0. The number of carbonyl (C=O) groups excluding carboxylic acids is 1. The van der Waals surface area contributed by atoms with Crippen LogP contribution in [0.3, 0.4) is 0 Å². The van der Waals surface area contributed by atoms with Crippen LogP contribution in [0, 0.1) is 0 Å². The van der Waals surface area contributed by atoms with Gasteiger partial charge in [-0.3, -0.25) is 9.59 Å². The molecule has 80 valence electrons. The van der Waals surface area contributed by atoms with Crippen molar-refractivity contribution in [2.24, 2.45) is 0 Å². The summed E-state index contributed by atoms with van der Waals surface area (Å²) in [7, 11) is -1.19. The molecular formula is C8H18MgO4Si. The Labute approximate surface area is 104 Å². The number of aliphatic carboxylic acids is 1. The maximum atomic E-state index is 10.8. The smallest absolute Gasteiger partial charge is 1.00 e. The van der Waals surface area contributed by atoms with Gasteiger partial charge in [0.2, 0.25) is 0 Å². The van der Waals surface area contributed by atoms with Crippen LogP contribution in [0.25, 0.3) is 0 Å². The molecule has 0 radical (unpaired) electrons. The van der Waals surface area contributed by atoms with Crippen molar-refractivity contribution in [3.8, 4) is 0 Å². The Kier molecular flexibility index (Phi) is 8.47. The van der Waals surface area contributed by atoms with Crippen molar-refractivity contribution in [1.82, 2.24) is 0 Å². The van der Waals surface area contributed by atoms with Crippen LogP contribution >= 0.6 is 0 Å². The molecule has 0 atom stereocenters. The van der Waals surface area contributed by atoms with E-state index in [4.69, 9.17) is 9.84 Å². The molecule has 0 aromatic carbocycles. The maximum absolute atomic E-state index is 10.8. The summed E-state index contributed by atoms with van der Waals surface area (Å²) >= 11 is 0. The average Bonchev–Trinajstić information content (AvgIpc) is 1.81. The number of carbonyl (C=O) groups is 2. The third-order valence-electron chi connectivity index (χ3n) is 1.41. The summed E-state index contributed by atoms with van der Waals surface area (Å²) in [6.07, 6.45) is -0.536. The minimum atomic E-state index is -1.19. The molecule has 0 aliphatic rings. The fraction of sp³-hybridized carbons (Fsp3) is 0.750. The Morgan fingerprint density at radius 2 is 1.86 bits per heavy atom. The number of hydrogen-bond acceptors (Lipinski definition) is 3. The number of esters is 1. The van der Waals surface area contributed by atoms with Gasteiger partial charge in [0.05, 0.1) is 6.61 Å². The average molecular weight is 231 g/mol. The van der Waals surface area contributed by atoms with Gasteiger partial charge in [-0.05, 0) is 6.04 Å². The van der Waals surface area contributed by atoms with E-state index < -0.39 is 26.4 Å². The van der Waals surface area contributed by atoms with E-state index in [1.54, 1.807) is 0 Å². The summed E-state index contributed by atoms with van der Waals surface area (Å²) in [4.78, 5) is 20.8. The molecule has 14 heavy (non-hydrogen) atoms. The number of ether oxygens (including phenoxy) is 1. The van der Waals surface area contributed by atoms with Crippen LogP contribution in [0.4, 0.5) is 0 Å². The van der Waals surface area contributed by atoms with Gasteiger partial charge >= 0.3 is 35.0 Å². The van der Waals surface area contributed by atoms with Crippen molar-refractivity contribution in [2.75, 3.05) is 6.61 Å². The topological polar surface area (TPSA) is 63.6 Å². The summed E-state index contributed by atoms with van der Waals surface area (Å²) < 4.78 is 4.74. The third kappa shape index (κ3) is 11.9. The van der Waals surface area contributed by atoms with E-state index in [-0.39, 0.29) is 25.9 Å². The van der Waals surface area contributed by atoms with Gasteiger partial charge in [0.1, 0.15) is 6.42 Å². The molecular weight excluding hydrogens is 212 g/mol. The van der Waals surface area contributed by atoms with E-state index in [0.717, 1.165) is 6.04 Å². The molecule has 0 aliphatic carbocycles. The van der Waals surface area contributed by atoms with E-state index in [9.17, 15) is 9.59 Å². The molecule has 0 spiro atoms. The summed E-state index contributed by atoms with van der Waals surface area (Å²) in [5.74, 6) is -1.79. The zero-order valence-corrected chi connectivity index (χ0v) is 11.4. The van der Waals surface area contributed by atoms with Crippen LogP contribution in [0.2, 0.25) is 25.7 Å². The molecule has 0 fully saturated rings. The molecule has 0 saturated heterocycles. The van der Waals surface area contributed by atoms with E-state index in [1.165, 1.54) is 0 Å². The normalized spacial score (nSPS) is 10.2. The van der Waals surface area contributed by atoms with Gasteiger partial charge in [0, 0.05) is 8.07 Å². The Morgan fingerprint density at radius 3 is 2.21 bits per heavy atom. The van der Waals surface area contributed by atoms with Crippen molar-refractivity contribution >= 4 is 43.1 Å². The van der Waals surface area contributed by atoms with Crippen molar-refractivity contribution in [3.05, 3.63) is 0 Å². The Balaban J connectivity index is -0.000000240. The standard InChI is InChI=1S/C8H16O4Si.Mg.2H/c1-13(2,3)5-4-12-8(11)6-7(9)10;;;/h4-6H2,1-3H3,(H,9,10);;;/q;+2;2*-1. The molecule has 0 unspecified atom stereocenters. The fourth-order valence-electron chi connectivity index (χ4n) is 0.646. The van der Waals surface area contributed by atoms with Crippen LogP contribution in [0.1, 0.15) is 9.27 Å². The predicted molar refractivity (Wildman–Crippen MR) is 59.3 cm³/mol. The van der Waals surface area contributed by atoms with Crippen LogP contribution in [0.15, 0.2) is 0 Å². The predicted octanol–water partition coefficient (Wildman–Crippen LogP) is 1.19. The minimum Gasteiger partial charge on any atom is -1.00 e. The minimum absolute atomic E-state index is 0. The fourth-order valence-corrected chi connectivity index (χ4v) is 1.36. The second kappa shape index (κ2) is 7.25. The molecule has 0 amide bonds. The van der Waals surface area contributed by atoms with Crippen molar-refractivity contribution in [1.29, 1.82) is 0 Å². The van der Waals surface area contributed by atoms with Gasteiger partial charge in [-0.15, -0.1) is 0 Å². The number of hydrogen-bond donors (Lipinski definition) is 1. The molecule has 0 heterocycles. The van der Waals surface area contributed by atoms with Gasteiger partial charge in [0.25, 0.3) is 0 Å². The van der Waals surface area contributed by atoms with E-state index in [1.807, 2.05) is 0 Å². The summed E-state index contributed by atoms with van der Waals surface area (Å²) in [5, 5.41) is 8.25. The van der Waals surface area contributed by atoms with Gasteiger partial charge < -0.3 is 12.7 Å². The van der Waals surface area contributed by atoms with Gasteiger partial charge in [-0.1, -0.05) is 19.6 Å². The van der Waals surface area contributed by atoms with Crippen molar-refractivity contribution in [2.45, 2.75) is 32.1 Å². The third-order valence-corrected chi connectivity index (χ3v) is 3.11. The number of rotatable bonds is 5. The Morgan fingerprint density at radius 1 is 1.36 bits per heavy atom. The van der Waals surface area contributed by atoms with E-state index >= 15 is 0 Å². The molecule has 0 aromatic heterocycles. The zero-order chi connectivity index (χ0) is 10.5. The van der Waals surface area contributed by atoms with Crippen molar-refractivity contribution < 1.29 is 22.3 Å². The van der Waals surface area contributed by atoms with Crippen LogP contribution in [-0.2, 0) is 14.3 Å². The largest absolute Gasteiger partial charge is 2.00 e. The number of carboxylic acids is 1. The SMILES string of the molecule is C[Si](C)(C)CCOC(=O)CC(=O)O.[H-].[H-].[Mg+2].